The van der Waals surface area contributed by atoms with Gasteiger partial charge in [-0.3, -0.25) is 0 Å². The molecule has 1 unspecified atom stereocenters. The summed E-state index contributed by atoms with van der Waals surface area (Å²) in [4.78, 5) is 0. The van der Waals surface area contributed by atoms with Gasteiger partial charge in [-0.1, -0.05) is 13.3 Å². The molecule has 13 heavy (non-hydrogen) atoms. The summed E-state index contributed by atoms with van der Waals surface area (Å²) < 4.78 is 26.3. The molecule has 0 fully saturated rings. The molecule has 0 amide bonds. The highest BCUT2D eigenvalue weighted by Crippen LogP contribution is 1.98. The lowest BCUT2D eigenvalue weighted by atomic mass is 10.2. The molecule has 80 valence electrons. The fourth-order valence-corrected chi connectivity index (χ4v) is 1.74. The van der Waals surface area contributed by atoms with Gasteiger partial charge in [-0.05, 0) is 6.42 Å². The van der Waals surface area contributed by atoms with Crippen LogP contribution >= 0.6 is 0 Å². The van der Waals surface area contributed by atoms with E-state index in [-0.39, 0.29) is 6.04 Å². The van der Waals surface area contributed by atoms with Gasteiger partial charge in [0.05, 0.1) is 0 Å². The molecule has 0 radical (unpaired) electrons. The number of nitrogens with one attached hydrogen (secondary N) is 1. The molecule has 0 saturated carbocycles. The van der Waals surface area contributed by atoms with Crippen molar-refractivity contribution in [2.45, 2.75) is 25.8 Å². The van der Waals surface area contributed by atoms with E-state index in [1.807, 2.05) is 6.92 Å². The van der Waals surface area contributed by atoms with Crippen LogP contribution in [0.5, 0.6) is 0 Å². The van der Waals surface area contributed by atoms with E-state index in [4.69, 9.17) is 5.73 Å². The molecule has 0 aromatic rings. The second-order valence-electron chi connectivity index (χ2n) is 3.13. The first-order valence-electron chi connectivity index (χ1n) is 4.33. The van der Waals surface area contributed by atoms with Gasteiger partial charge in [-0.2, -0.15) is 17.4 Å². The van der Waals surface area contributed by atoms with Crippen molar-refractivity contribution in [1.29, 1.82) is 0 Å². The van der Waals surface area contributed by atoms with Gasteiger partial charge in [-0.25, -0.2) is 0 Å². The van der Waals surface area contributed by atoms with Crippen molar-refractivity contribution in [3.05, 3.63) is 0 Å². The average molecular weight is 209 g/mol. The maximum absolute atomic E-state index is 11.3. The first kappa shape index (κ1) is 12.8. The van der Waals surface area contributed by atoms with Crippen LogP contribution in [0.4, 0.5) is 0 Å². The summed E-state index contributed by atoms with van der Waals surface area (Å²) in [6.45, 7) is 2.33. The van der Waals surface area contributed by atoms with Gasteiger partial charge in [0.2, 0.25) is 0 Å². The second-order valence-corrected chi connectivity index (χ2v) is 5.04. The monoisotopic (exact) mass is 209 g/mol. The zero-order valence-corrected chi connectivity index (χ0v) is 9.26. The van der Waals surface area contributed by atoms with Gasteiger partial charge in [0.15, 0.2) is 0 Å². The summed E-state index contributed by atoms with van der Waals surface area (Å²) in [7, 11) is -0.352. The van der Waals surface area contributed by atoms with Crippen molar-refractivity contribution >= 4 is 10.2 Å². The highest BCUT2D eigenvalue weighted by Gasteiger charge is 2.17. The Hall–Kier alpha value is -0.170. The Bertz CT molecular complexity index is 226. The predicted molar refractivity (Wildman–Crippen MR) is 53.5 cm³/mol. The summed E-state index contributed by atoms with van der Waals surface area (Å²) in [6, 6.07) is -0.155. The predicted octanol–water partition coefficient (Wildman–Crippen LogP) is -0.490. The first-order valence-corrected chi connectivity index (χ1v) is 5.78. The first-order chi connectivity index (χ1) is 5.94. The average Bonchev–Trinajstić information content (AvgIpc) is 2.03. The molecular weight excluding hydrogens is 190 g/mol. The Labute approximate surface area is 80.5 Å². The topological polar surface area (TPSA) is 75.4 Å². The van der Waals surface area contributed by atoms with Crippen LogP contribution in [0.25, 0.3) is 0 Å². The normalized spacial score (nSPS) is 14.8. The lowest BCUT2D eigenvalue weighted by Gasteiger charge is -2.19. The quantitative estimate of drug-likeness (QED) is 0.620. The molecule has 5 nitrogen and oxygen atoms in total. The molecule has 0 aromatic heterocycles. The van der Waals surface area contributed by atoms with Crippen LogP contribution < -0.4 is 10.5 Å². The van der Waals surface area contributed by atoms with Crippen LogP contribution in [-0.4, -0.2) is 39.4 Å². The van der Waals surface area contributed by atoms with Crippen molar-refractivity contribution in [3.63, 3.8) is 0 Å². The van der Waals surface area contributed by atoms with E-state index in [1.54, 1.807) is 0 Å². The van der Waals surface area contributed by atoms with Crippen LogP contribution in [0.2, 0.25) is 0 Å². The molecule has 0 aliphatic carbocycles. The van der Waals surface area contributed by atoms with Gasteiger partial charge in [0.25, 0.3) is 10.2 Å². The molecule has 1 atom stereocenters. The third kappa shape index (κ3) is 4.56. The molecule has 0 aromatic carbocycles. The molecule has 6 heteroatoms. The Balaban J connectivity index is 4.23. The van der Waals surface area contributed by atoms with Crippen molar-refractivity contribution in [2.75, 3.05) is 20.6 Å². The van der Waals surface area contributed by atoms with E-state index in [0.717, 1.165) is 17.1 Å². The summed E-state index contributed by atoms with van der Waals surface area (Å²) in [5.74, 6) is 0. The van der Waals surface area contributed by atoms with Crippen LogP contribution in [0.15, 0.2) is 0 Å². The molecule has 0 aliphatic rings. The molecule has 0 aliphatic heterocycles. The van der Waals surface area contributed by atoms with Crippen molar-refractivity contribution in [3.8, 4) is 0 Å². The molecule has 0 heterocycles. The molecule has 0 spiro atoms. The Morgan fingerprint density at radius 3 is 2.31 bits per heavy atom. The fraction of sp³-hybridized carbons (Fsp3) is 1.00. The SMILES string of the molecule is CCCC(CN)NS(=O)(=O)N(C)C. The molecule has 0 bridgehead atoms. The summed E-state index contributed by atoms with van der Waals surface area (Å²) in [5.41, 5.74) is 5.42. The second kappa shape index (κ2) is 5.54. The van der Waals surface area contributed by atoms with Crippen molar-refractivity contribution < 1.29 is 8.42 Å². The number of hydrogen-bond donors (Lipinski definition) is 2. The smallest absolute Gasteiger partial charge is 0.279 e. The van der Waals surface area contributed by atoms with Crippen molar-refractivity contribution in [2.24, 2.45) is 5.73 Å². The lowest BCUT2D eigenvalue weighted by Crippen LogP contribution is -2.45. The van der Waals surface area contributed by atoms with Crippen LogP contribution in [-0.2, 0) is 10.2 Å². The number of rotatable bonds is 6. The maximum Gasteiger partial charge on any atom is 0.279 e. The Morgan fingerprint density at radius 2 is 2.00 bits per heavy atom. The zero-order valence-electron chi connectivity index (χ0n) is 8.45. The van der Waals surface area contributed by atoms with Crippen LogP contribution in [0.3, 0.4) is 0 Å². The highest BCUT2D eigenvalue weighted by molar-refractivity contribution is 7.87. The molecular formula is C7H19N3O2S. The minimum atomic E-state index is -3.33. The van der Waals surface area contributed by atoms with Gasteiger partial charge >= 0.3 is 0 Å². The Kier molecular flexibility index (Phi) is 5.46. The third-order valence-electron chi connectivity index (χ3n) is 1.72. The zero-order chi connectivity index (χ0) is 10.5. The van der Waals surface area contributed by atoms with Crippen LogP contribution in [0, 0.1) is 0 Å². The molecule has 0 rings (SSSR count). The summed E-state index contributed by atoms with van der Waals surface area (Å²) in [5, 5.41) is 0. The van der Waals surface area contributed by atoms with E-state index in [9.17, 15) is 8.42 Å². The summed E-state index contributed by atoms with van der Waals surface area (Å²) >= 11 is 0. The maximum atomic E-state index is 11.3. The van der Waals surface area contributed by atoms with Gasteiger partial charge in [0, 0.05) is 26.7 Å². The van der Waals surface area contributed by atoms with E-state index in [0.29, 0.717) is 6.54 Å². The van der Waals surface area contributed by atoms with Crippen molar-refractivity contribution in [1.82, 2.24) is 9.03 Å². The minimum Gasteiger partial charge on any atom is -0.329 e. The molecule has 0 saturated heterocycles. The number of hydrogen-bond acceptors (Lipinski definition) is 3. The van der Waals surface area contributed by atoms with Gasteiger partial charge in [0.1, 0.15) is 0 Å². The molecule has 3 N–H and O–H groups in total. The summed E-state index contributed by atoms with van der Waals surface area (Å²) in [6.07, 6.45) is 1.68. The van der Waals surface area contributed by atoms with Gasteiger partial charge in [-0.15, -0.1) is 0 Å². The van der Waals surface area contributed by atoms with E-state index in [1.165, 1.54) is 14.1 Å². The number of nitrogens with zero attached hydrogens (tertiary/aromatic N) is 1. The van der Waals surface area contributed by atoms with Gasteiger partial charge < -0.3 is 5.73 Å². The van der Waals surface area contributed by atoms with E-state index >= 15 is 0 Å². The Morgan fingerprint density at radius 1 is 1.46 bits per heavy atom. The third-order valence-corrected chi connectivity index (χ3v) is 3.31. The standard InChI is InChI=1S/C7H19N3O2S/c1-4-5-7(6-8)9-13(11,12)10(2)3/h7,9H,4-6,8H2,1-3H3. The van der Waals surface area contributed by atoms with E-state index < -0.39 is 10.2 Å². The van der Waals surface area contributed by atoms with Crippen LogP contribution in [0.1, 0.15) is 19.8 Å². The fourth-order valence-electron chi connectivity index (χ4n) is 0.889. The highest BCUT2D eigenvalue weighted by atomic mass is 32.2. The number of nitrogens with two attached hydrogens (primary N) is 1. The lowest BCUT2D eigenvalue weighted by molar-refractivity contribution is 0.475. The van der Waals surface area contributed by atoms with E-state index in [2.05, 4.69) is 4.72 Å². The largest absolute Gasteiger partial charge is 0.329 e. The minimum absolute atomic E-state index is 0.155.